The first-order valence-electron chi connectivity index (χ1n) is 4.95. The predicted octanol–water partition coefficient (Wildman–Crippen LogP) is 2.88. The van der Waals surface area contributed by atoms with Gasteiger partial charge in [0.1, 0.15) is 0 Å². The summed E-state index contributed by atoms with van der Waals surface area (Å²) in [6.45, 7) is 2.18. The van der Waals surface area contributed by atoms with Crippen LogP contribution in [0.5, 0.6) is 0 Å². The third kappa shape index (κ3) is 1.49. The van der Waals surface area contributed by atoms with Gasteiger partial charge < -0.3 is 4.74 Å². The van der Waals surface area contributed by atoms with Crippen molar-refractivity contribution in [3.05, 3.63) is 35.4 Å². The van der Waals surface area contributed by atoms with E-state index in [-0.39, 0.29) is 5.60 Å². The Morgan fingerprint density at radius 1 is 1.23 bits per heavy atom. The monoisotopic (exact) mass is 176 g/mol. The quantitative estimate of drug-likeness (QED) is 0.688. The molecule has 2 rings (SSSR count). The first-order chi connectivity index (χ1) is 6.30. The van der Waals surface area contributed by atoms with Crippen molar-refractivity contribution in [3.63, 3.8) is 0 Å². The summed E-state index contributed by atoms with van der Waals surface area (Å²) >= 11 is 0. The van der Waals surface area contributed by atoms with E-state index < -0.39 is 0 Å². The number of ether oxygens (including phenoxy) is 1. The van der Waals surface area contributed by atoms with Crippen LogP contribution in [0.1, 0.15) is 30.9 Å². The summed E-state index contributed by atoms with van der Waals surface area (Å²) in [6, 6.07) is 8.81. The van der Waals surface area contributed by atoms with Crippen molar-refractivity contribution in [1.82, 2.24) is 0 Å². The molecule has 0 heterocycles. The Morgan fingerprint density at radius 2 is 1.85 bits per heavy atom. The lowest BCUT2D eigenvalue weighted by molar-refractivity contribution is 0.0789. The molecule has 70 valence electrons. The zero-order valence-corrected chi connectivity index (χ0v) is 8.34. The lowest BCUT2D eigenvalue weighted by Crippen LogP contribution is -2.08. The molecule has 1 fully saturated rings. The van der Waals surface area contributed by atoms with Gasteiger partial charge in [-0.2, -0.15) is 0 Å². The molecule has 1 aliphatic rings. The maximum absolute atomic E-state index is 5.51. The van der Waals surface area contributed by atoms with Gasteiger partial charge in [0.05, 0.1) is 5.60 Å². The van der Waals surface area contributed by atoms with Crippen LogP contribution >= 0.6 is 0 Å². The molecule has 1 aliphatic carbocycles. The summed E-state index contributed by atoms with van der Waals surface area (Å²) in [5.41, 5.74) is 2.81. The van der Waals surface area contributed by atoms with Gasteiger partial charge in [-0.05, 0) is 30.4 Å². The van der Waals surface area contributed by atoms with Crippen LogP contribution in [0.15, 0.2) is 24.3 Å². The van der Waals surface area contributed by atoms with E-state index in [0.29, 0.717) is 0 Å². The van der Waals surface area contributed by atoms with E-state index in [1.165, 1.54) is 24.0 Å². The van der Waals surface area contributed by atoms with Crippen molar-refractivity contribution < 1.29 is 4.74 Å². The third-order valence-corrected chi connectivity index (χ3v) is 2.98. The molecule has 1 nitrogen and oxygen atoms in total. The first kappa shape index (κ1) is 8.76. The Bertz CT molecular complexity index is 282. The van der Waals surface area contributed by atoms with E-state index in [4.69, 9.17) is 4.74 Å². The zero-order chi connectivity index (χ0) is 9.31. The van der Waals surface area contributed by atoms with E-state index >= 15 is 0 Å². The van der Waals surface area contributed by atoms with Crippen LogP contribution in [0, 0.1) is 0 Å². The molecule has 0 saturated heterocycles. The van der Waals surface area contributed by atoms with Crippen LogP contribution in [-0.2, 0) is 16.8 Å². The van der Waals surface area contributed by atoms with Gasteiger partial charge in [-0.15, -0.1) is 0 Å². The fourth-order valence-corrected chi connectivity index (χ4v) is 1.77. The Labute approximate surface area is 79.7 Å². The summed E-state index contributed by atoms with van der Waals surface area (Å²) in [5.74, 6) is 0. The molecule has 1 saturated carbocycles. The molecule has 1 aromatic rings. The van der Waals surface area contributed by atoms with Crippen molar-refractivity contribution in [2.24, 2.45) is 0 Å². The summed E-state index contributed by atoms with van der Waals surface area (Å²) in [6.07, 6.45) is 3.46. The highest BCUT2D eigenvalue weighted by Gasteiger charge is 2.44. The Kier molecular flexibility index (Phi) is 2.12. The number of rotatable bonds is 3. The number of benzene rings is 1. The molecule has 1 heteroatoms. The molecule has 0 spiro atoms. The van der Waals surface area contributed by atoms with Crippen molar-refractivity contribution in [3.8, 4) is 0 Å². The van der Waals surface area contributed by atoms with Gasteiger partial charge in [-0.1, -0.05) is 31.2 Å². The van der Waals surface area contributed by atoms with Crippen molar-refractivity contribution in [1.29, 1.82) is 0 Å². The van der Waals surface area contributed by atoms with Gasteiger partial charge >= 0.3 is 0 Å². The molecule has 0 atom stereocenters. The topological polar surface area (TPSA) is 9.23 Å². The normalized spacial score (nSPS) is 18.6. The average molecular weight is 176 g/mol. The number of aryl methyl sites for hydroxylation is 1. The van der Waals surface area contributed by atoms with E-state index in [1.807, 2.05) is 0 Å². The van der Waals surface area contributed by atoms with Crippen LogP contribution < -0.4 is 0 Å². The summed E-state index contributed by atoms with van der Waals surface area (Å²) < 4.78 is 5.51. The van der Waals surface area contributed by atoms with E-state index in [0.717, 1.165) is 6.42 Å². The molecule has 0 aromatic heterocycles. The standard InChI is InChI=1S/C12H16O/c1-3-10-4-6-11(7-5-10)12(13-2)8-9-12/h4-7H,3,8-9H2,1-2H3. The third-order valence-electron chi connectivity index (χ3n) is 2.98. The first-order valence-corrected chi connectivity index (χ1v) is 4.95. The molecular weight excluding hydrogens is 160 g/mol. The minimum absolute atomic E-state index is 0.0757. The van der Waals surface area contributed by atoms with E-state index in [9.17, 15) is 0 Å². The fourth-order valence-electron chi connectivity index (χ4n) is 1.77. The lowest BCUT2D eigenvalue weighted by Gasteiger charge is -2.13. The summed E-state index contributed by atoms with van der Waals surface area (Å²) in [7, 11) is 1.81. The SMILES string of the molecule is CCc1ccc(C2(OC)CC2)cc1. The number of methoxy groups -OCH3 is 1. The predicted molar refractivity (Wildman–Crippen MR) is 53.7 cm³/mol. The molecular formula is C12H16O. The van der Waals surface area contributed by atoms with Crippen molar-refractivity contribution in [2.45, 2.75) is 31.8 Å². The Morgan fingerprint density at radius 3 is 2.23 bits per heavy atom. The number of hydrogen-bond acceptors (Lipinski definition) is 1. The van der Waals surface area contributed by atoms with Crippen LogP contribution in [0.2, 0.25) is 0 Å². The highest BCUT2D eigenvalue weighted by molar-refractivity contribution is 5.31. The zero-order valence-electron chi connectivity index (χ0n) is 8.34. The molecule has 13 heavy (non-hydrogen) atoms. The maximum Gasteiger partial charge on any atom is 0.0929 e. The molecule has 0 amide bonds. The van der Waals surface area contributed by atoms with Gasteiger partial charge in [-0.3, -0.25) is 0 Å². The second-order valence-corrected chi connectivity index (χ2v) is 3.75. The van der Waals surface area contributed by atoms with Crippen molar-refractivity contribution in [2.75, 3.05) is 7.11 Å². The van der Waals surface area contributed by atoms with Gasteiger partial charge in [0, 0.05) is 7.11 Å². The summed E-state index contributed by atoms with van der Waals surface area (Å²) in [4.78, 5) is 0. The number of hydrogen-bond donors (Lipinski definition) is 0. The highest BCUT2D eigenvalue weighted by atomic mass is 16.5. The fraction of sp³-hybridized carbons (Fsp3) is 0.500. The van der Waals surface area contributed by atoms with Crippen LogP contribution in [-0.4, -0.2) is 7.11 Å². The Hall–Kier alpha value is -0.820. The Balaban J connectivity index is 2.23. The van der Waals surface area contributed by atoms with E-state index in [1.54, 1.807) is 7.11 Å². The minimum Gasteiger partial charge on any atom is -0.374 e. The molecule has 0 unspecified atom stereocenters. The van der Waals surface area contributed by atoms with Crippen LogP contribution in [0.3, 0.4) is 0 Å². The molecule has 0 radical (unpaired) electrons. The highest BCUT2D eigenvalue weighted by Crippen LogP contribution is 2.48. The second kappa shape index (κ2) is 3.15. The largest absolute Gasteiger partial charge is 0.374 e. The second-order valence-electron chi connectivity index (χ2n) is 3.75. The maximum atomic E-state index is 5.51. The van der Waals surface area contributed by atoms with Crippen LogP contribution in [0.4, 0.5) is 0 Å². The van der Waals surface area contributed by atoms with Crippen molar-refractivity contribution >= 4 is 0 Å². The van der Waals surface area contributed by atoms with Gasteiger partial charge in [0.25, 0.3) is 0 Å². The van der Waals surface area contributed by atoms with E-state index in [2.05, 4.69) is 31.2 Å². The smallest absolute Gasteiger partial charge is 0.0929 e. The average Bonchev–Trinajstić information content (AvgIpc) is 2.99. The summed E-state index contributed by atoms with van der Waals surface area (Å²) in [5, 5.41) is 0. The molecule has 0 bridgehead atoms. The van der Waals surface area contributed by atoms with Gasteiger partial charge in [0.2, 0.25) is 0 Å². The lowest BCUT2D eigenvalue weighted by atomic mass is 10.0. The molecule has 1 aromatic carbocycles. The van der Waals surface area contributed by atoms with Gasteiger partial charge in [0.15, 0.2) is 0 Å². The van der Waals surface area contributed by atoms with Crippen LogP contribution in [0.25, 0.3) is 0 Å². The minimum atomic E-state index is 0.0757. The molecule has 0 aliphatic heterocycles. The van der Waals surface area contributed by atoms with Gasteiger partial charge in [-0.25, -0.2) is 0 Å². The molecule has 0 N–H and O–H groups in total.